The van der Waals surface area contributed by atoms with E-state index in [2.05, 4.69) is 10.2 Å². The summed E-state index contributed by atoms with van der Waals surface area (Å²) in [6.45, 7) is 4.57. The Morgan fingerprint density at radius 2 is 1.95 bits per heavy atom. The number of amides is 2. The summed E-state index contributed by atoms with van der Waals surface area (Å²) in [6, 6.07) is -0.119. The summed E-state index contributed by atoms with van der Waals surface area (Å²) in [5.74, 6) is -0.820. The van der Waals surface area contributed by atoms with Crippen molar-refractivity contribution in [3.63, 3.8) is 0 Å². The highest BCUT2D eigenvalue weighted by atomic mass is 16.4. The van der Waals surface area contributed by atoms with Gasteiger partial charge < -0.3 is 20.2 Å². The van der Waals surface area contributed by atoms with Crippen LogP contribution in [0.3, 0.4) is 0 Å². The van der Waals surface area contributed by atoms with Crippen LogP contribution in [0.4, 0.5) is 4.79 Å². The molecule has 1 aliphatic rings. The molecule has 1 heterocycles. The second kappa shape index (κ2) is 8.74. The molecule has 0 aromatic carbocycles. The van der Waals surface area contributed by atoms with Crippen molar-refractivity contribution in [2.24, 2.45) is 0 Å². The highest BCUT2D eigenvalue weighted by Crippen LogP contribution is 2.06. The summed E-state index contributed by atoms with van der Waals surface area (Å²) in [6.07, 6.45) is 4.14. The Balaban J connectivity index is 2.00. The van der Waals surface area contributed by atoms with Crippen molar-refractivity contribution in [1.29, 1.82) is 0 Å². The fraction of sp³-hybridized carbons (Fsp3) is 0.846. The molecule has 1 fully saturated rings. The van der Waals surface area contributed by atoms with Crippen molar-refractivity contribution >= 4 is 12.0 Å². The first-order valence-corrected chi connectivity index (χ1v) is 7.02. The summed E-state index contributed by atoms with van der Waals surface area (Å²) in [5.41, 5.74) is 0. The van der Waals surface area contributed by atoms with Gasteiger partial charge in [0.25, 0.3) is 0 Å². The lowest BCUT2D eigenvalue weighted by atomic mass is 10.3. The molecule has 19 heavy (non-hydrogen) atoms. The number of carbonyl (C=O) groups excluding carboxylic acids is 1. The fourth-order valence-corrected chi connectivity index (χ4v) is 2.21. The molecule has 1 rings (SSSR count). The van der Waals surface area contributed by atoms with E-state index in [4.69, 9.17) is 5.11 Å². The van der Waals surface area contributed by atoms with Crippen molar-refractivity contribution in [3.05, 3.63) is 0 Å². The first-order valence-electron chi connectivity index (χ1n) is 7.02. The number of carboxylic acids is 1. The van der Waals surface area contributed by atoms with Gasteiger partial charge in [-0.1, -0.05) is 0 Å². The molecule has 0 aliphatic carbocycles. The standard InChI is InChI=1S/C13H25N3O3/c1-15(8-4-6-12(17)18)13(19)14-7-5-11-16-9-2-3-10-16/h2-11H2,1H3,(H,14,19)(H,17,18). The molecular weight excluding hydrogens is 246 g/mol. The first kappa shape index (κ1) is 15.8. The average molecular weight is 271 g/mol. The summed E-state index contributed by atoms with van der Waals surface area (Å²) in [7, 11) is 1.69. The van der Waals surface area contributed by atoms with Crippen LogP contribution >= 0.6 is 0 Å². The van der Waals surface area contributed by atoms with E-state index in [0.29, 0.717) is 19.5 Å². The molecule has 0 radical (unpaired) electrons. The van der Waals surface area contributed by atoms with Crippen LogP contribution in [0.15, 0.2) is 0 Å². The third-order valence-electron chi connectivity index (χ3n) is 3.36. The van der Waals surface area contributed by atoms with Crippen LogP contribution in [0.2, 0.25) is 0 Å². The van der Waals surface area contributed by atoms with E-state index in [0.717, 1.165) is 13.0 Å². The van der Waals surface area contributed by atoms with E-state index in [1.165, 1.54) is 25.9 Å². The molecule has 110 valence electrons. The van der Waals surface area contributed by atoms with Gasteiger partial charge in [-0.2, -0.15) is 0 Å². The van der Waals surface area contributed by atoms with E-state index >= 15 is 0 Å². The molecule has 0 bridgehead atoms. The maximum absolute atomic E-state index is 11.7. The molecule has 0 atom stereocenters. The van der Waals surface area contributed by atoms with Gasteiger partial charge in [0.2, 0.25) is 0 Å². The molecule has 2 amide bonds. The number of hydrogen-bond donors (Lipinski definition) is 2. The minimum absolute atomic E-state index is 0.104. The number of nitrogens with one attached hydrogen (secondary N) is 1. The molecule has 0 unspecified atom stereocenters. The molecular formula is C13H25N3O3. The van der Waals surface area contributed by atoms with Crippen LogP contribution in [0.1, 0.15) is 32.1 Å². The summed E-state index contributed by atoms with van der Waals surface area (Å²) in [5, 5.41) is 11.4. The molecule has 1 aliphatic heterocycles. The predicted octanol–water partition coefficient (Wildman–Crippen LogP) is 0.979. The SMILES string of the molecule is CN(CCCC(=O)O)C(=O)NCCCN1CCCC1. The summed E-state index contributed by atoms with van der Waals surface area (Å²) >= 11 is 0. The molecule has 2 N–H and O–H groups in total. The van der Waals surface area contributed by atoms with Crippen molar-refractivity contribution < 1.29 is 14.7 Å². The lowest BCUT2D eigenvalue weighted by molar-refractivity contribution is -0.137. The number of aliphatic carboxylic acids is 1. The van der Waals surface area contributed by atoms with Crippen LogP contribution in [-0.4, -0.2) is 66.7 Å². The molecule has 0 saturated carbocycles. The normalized spacial score (nSPS) is 15.4. The monoisotopic (exact) mass is 271 g/mol. The smallest absolute Gasteiger partial charge is 0.317 e. The quantitative estimate of drug-likeness (QED) is 0.645. The number of nitrogens with zero attached hydrogens (tertiary/aromatic N) is 2. The van der Waals surface area contributed by atoms with E-state index in [-0.39, 0.29) is 12.5 Å². The molecule has 1 saturated heterocycles. The number of hydrogen-bond acceptors (Lipinski definition) is 3. The van der Waals surface area contributed by atoms with Gasteiger partial charge in [-0.25, -0.2) is 4.79 Å². The van der Waals surface area contributed by atoms with Crippen LogP contribution in [-0.2, 0) is 4.79 Å². The Bertz CT molecular complexity index is 291. The van der Waals surface area contributed by atoms with E-state index in [9.17, 15) is 9.59 Å². The Kier molecular flexibility index (Phi) is 7.25. The largest absolute Gasteiger partial charge is 0.481 e. The molecule has 0 aromatic rings. The Morgan fingerprint density at radius 1 is 1.26 bits per heavy atom. The second-order valence-corrected chi connectivity index (χ2v) is 5.05. The predicted molar refractivity (Wildman–Crippen MR) is 73.2 cm³/mol. The van der Waals surface area contributed by atoms with Crippen LogP contribution in [0.25, 0.3) is 0 Å². The molecule has 0 aromatic heterocycles. The van der Waals surface area contributed by atoms with Gasteiger partial charge in [0.05, 0.1) is 0 Å². The molecule has 0 spiro atoms. The first-order chi connectivity index (χ1) is 9.09. The van der Waals surface area contributed by atoms with Gasteiger partial charge in [0, 0.05) is 26.6 Å². The lowest BCUT2D eigenvalue weighted by Crippen LogP contribution is -2.39. The third kappa shape index (κ3) is 7.00. The zero-order chi connectivity index (χ0) is 14.1. The zero-order valence-corrected chi connectivity index (χ0v) is 11.7. The maximum atomic E-state index is 11.7. The van der Waals surface area contributed by atoms with E-state index < -0.39 is 5.97 Å². The number of rotatable bonds is 8. The van der Waals surface area contributed by atoms with Crippen molar-refractivity contribution in [1.82, 2.24) is 15.1 Å². The molecule has 6 heteroatoms. The topological polar surface area (TPSA) is 72.9 Å². The van der Waals surface area contributed by atoms with Gasteiger partial charge in [-0.05, 0) is 45.3 Å². The fourth-order valence-electron chi connectivity index (χ4n) is 2.21. The average Bonchev–Trinajstić information content (AvgIpc) is 2.86. The summed E-state index contributed by atoms with van der Waals surface area (Å²) < 4.78 is 0. The Hall–Kier alpha value is -1.30. The van der Waals surface area contributed by atoms with Gasteiger partial charge in [-0.3, -0.25) is 4.79 Å². The van der Waals surface area contributed by atoms with Crippen molar-refractivity contribution in [2.75, 3.05) is 39.8 Å². The highest BCUT2D eigenvalue weighted by Gasteiger charge is 2.11. The van der Waals surface area contributed by atoms with Crippen molar-refractivity contribution in [3.8, 4) is 0 Å². The van der Waals surface area contributed by atoms with Gasteiger partial charge in [0.15, 0.2) is 0 Å². The van der Waals surface area contributed by atoms with Gasteiger partial charge in [-0.15, -0.1) is 0 Å². The van der Waals surface area contributed by atoms with Crippen LogP contribution in [0, 0.1) is 0 Å². The maximum Gasteiger partial charge on any atom is 0.317 e. The number of likely N-dealkylation sites (tertiary alicyclic amines) is 1. The minimum Gasteiger partial charge on any atom is -0.481 e. The molecule has 6 nitrogen and oxygen atoms in total. The number of carbonyl (C=O) groups is 2. The van der Waals surface area contributed by atoms with Gasteiger partial charge in [0.1, 0.15) is 0 Å². The Morgan fingerprint density at radius 3 is 2.58 bits per heavy atom. The van der Waals surface area contributed by atoms with E-state index in [1.807, 2.05) is 0 Å². The van der Waals surface area contributed by atoms with Crippen LogP contribution in [0.5, 0.6) is 0 Å². The van der Waals surface area contributed by atoms with E-state index in [1.54, 1.807) is 11.9 Å². The minimum atomic E-state index is -0.820. The number of carboxylic acid groups (broad SMARTS) is 1. The second-order valence-electron chi connectivity index (χ2n) is 5.05. The third-order valence-corrected chi connectivity index (χ3v) is 3.36. The zero-order valence-electron chi connectivity index (χ0n) is 11.7. The van der Waals surface area contributed by atoms with Gasteiger partial charge >= 0.3 is 12.0 Å². The van der Waals surface area contributed by atoms with Crippen molar-refractivity contribution in [2.45, 2.75) is 32.1 Å². The summed E-state index contributed by atoms with van der Waals surface area (Å²) in [4.78, 5) is 26.0. The lowest BCUT2D eigenvalue weighted by Gasteiger charge is -2.18. The Labute approximate surface area is 114 Å². The van der Waals surface area contributed by atoms with Crippen LogP contribution < -0.4 is 5.32 Å². The highest BCUT2D eigenvalue weighted by molar-refractivity contribution is 5.73. The number of urea groups is 1.